The number of hydrogen-bond acceptors (Lipinski definition) is 3. The summed E-state index contributed by atoms with van der Waals surface area (Å²) in [5, 5.41) is 0. The van der Waals surface area contributed by atoms with Crippen LogP contribution in [0.15, 0.2) is 0 Å². The molecular weight excluding hydrogens is 268 g/mol. The van der Waals surface area contributed by atoms with Crippen LogP contribution in [-0.4, -0.2) is 21.1 Å². The molecule has 20 heavy (non-hydrogen) atoms. The molecule has 0 fully saturated rings. The van der Waals surface area contributed by atoms with Crippen LogP contribution < -0.4 is 0 Å². The first kappa shape index (κ1) is 19.5. The first-order chi connectivity index (χ1) is 9.40. The summed E-state index contributed by atoms with van der Waals surface area (Å²) >= 11 is 0. The van der Waals surface area contributed by atoms with E-state index < -0.39 is 14.5 Å². The lowest BCUT2D eigenvalue weighted by molar-refractivity contribution is 0.0940. The Bertz CT molecular complexity index is 252. The predicted octanol–water partition coefficient (Wildman–Crippen LogP) is 5.90. The lowest BCUT2D eigenvalue weighted by Crippen LogP contribution is -2.36. The van der Waals surface area contributed by atoms with E-state index in [1.807, 2.05) is 0 Å². The largest absolute Gasteiger partial charge is 0.494 e. The highest BCUT2D eigenvalue weighted by Gasteiger charge is 2.31. The van der Waals surface area contributed by atoms with Crippen LogP contribution in [0.25, 0.3) is 0 Å². The monoisotopic (exact) mass is 302 g/mol. The third kappa shape index (κ3) is 10.3. The molecule has 0 saturated heterocycles. The Balaban J connectivity index is 3.45. The third-order valence-electron chi connectivity index (χ3n) is 3.95. The fourth-order valence-corrected chi connectivity index (χ4v) is 2.48. The van der Waals surface area contributed by atoms with Gasteiger partial charge in [0.15, 0.2) is 0 Å². The Hall–Kier alpha value is -0.513. The van der Waals surface area contributed by atoms with Crippen molar-refractivity contribution in [3.05, 3.63) is 0 Å². The molecule has 0 radical (unpaired) electrons. The Morgan fingerprint density at radius 3 is 1.95 bits per heavy atom. The molecule has 3 nitrogen and oxygen atoms in total. The van der Waals surface area contributed by atoms with Gasteiger partial charge in [-0.05, 0) is 25.1 Å². The summed E-state index contributed by atoms with van der Waals surface area (Å²) < 4.78 is 10.6. The molecule has 0 aromatic carbocycles. The quantitative estimate of drug-likeness (QED) is 0.271. The Labute approximate surface area is 126 Å². The van der Waals surface area contributed by atoms with Gasteiger partial charge in [0.1, 0.15) is 0 Å². The molecule has 0 rings (SSSR count). The molecule has 0 N–H and O–H groups in total. The zero-order valence-corrected chi connectivity index (χ0v) is 15.2. The van der Waals surface area contributed by atoms with Gasteiger partial charge in [-0.3, -0.25) is 0 Å². The second-order valence-corrected chi connectivity index (χ2v) is 11.0. The van der Waals surface area contributed by atoms with Gasteiger partial charge in [-0.1, -0.05) is 65.7 Å². The first-order valence-electron chi connectivity index (χ1n) is 8.26. The molecule has 120 valence electrons. The van der Waals surface area contributed by atoms with Crippen LogP contribution in [0.1, 0.15) is 72.1 Å². The molecule has 0 saturated carbocycles. The van der Waals surface area contributed by atoms with Crippen LogP contribution in [0.4, 0.5) is 4.79 Å². The van der Waals surface area contributed by atoms with Gasteiger partial charge in [0.05, 0.1) is 6.61 Å². The maximum atomic E-state index is 11.6. The van der Waals surface area contributed by atoms with Gasteiger partial charge in [0, 0.05) is 0 Å². The second-order valence-electron chi connectivity index (χ2n) is 6.43. The minimum Gasteiger partial charge on any atom is -0.489 e. The van der Waals surface area contributed by atoms with E-state index in [0.29, 0.717) is 12.1 Å². The van der Waals surface area contributed by atoms with Crippen molar-refractivity contribution in [2.24, 2.45) is 0 Å². The average Bonchev–Trinajstić information content (AvgIpc) is 2.36. The highest BCUT2D eigenvalue weighted by Crippen LogP contribution is 2.21. The molecule has 0 bridgehead atoms. The van der Waals surface area contributed by atoms with E-state index in [1.165, 1.54) is 38.5 Å². The lowest BCUT2D eigenvalue weighted by Gasteiger charge is -2.25. The van der Waals surface area contributed by atoms with E-state index in [0.717, 1.165) is 12.8 Å². The lowest BCUT2D eigenvalue weighted by atomic mass is 10.1. The first-order valence-corrected chi connectivity index (χ1v) is 11.2. The molecular formula is C16H34O3Si. The van der Waals surface area contributed by atoms with E-state index in [-0.39, 0.29) is 0 Å². The number of rotatable bonds is 11. The van der Waals surface area contributed by atoms with E-state index in [2.05, 4.69) is 33.9 Å². The van der Waals surface area contributed by atoms with Crippen LogP contribution in [0.3, 0.4) is 0 Å². The zero-order valence-electron chi connectivity index (χ0n) is 14.2. The van der Waals surface area contributed by atoms with E-state index in [1.54, 1.807) is 0 Å². The standard InChI is InChI=1S/C16H34O3Si/c1-6-7-8-9-10-11-12-13-14-18-16(17)19-20(4,5)15(2)3/h15H,6-14H2,1-5H3. The molecule has 0 aliphatic carbocycles. The van der Waals surface area contributed by atoms with Crippen molar-refractivity contribution in [2.45, 2.75) is 90.8 Å². The number of carbonyl (C=O) groups is 1. The van der Waals surface area contributed by atoms with E-state index in [9.17, 15) is 4.79 Å². The van der Waals surface area contributed by atoms with Gasteiger partial charge in [-0.25, -0.2) is 4.79 Å². The van der Waals surface area contributed by atoms with Crippen LogP contribution >= 0.6 is 0 Å². The molecule has 0 aromatic rings. The van der Waals surface area contributed by atoms with Gasteiger partial charge in [0.25, 0.3) is 8.32 Å². The van der Waals surface area contributed by atoms with Crippen molar-refractivity contribution in [1.29, 1.82) is 0 Å². The van der Waals surface area contributed by atoms with Gasteiger partial charge in [-0.2, -0.15) is 0 Å². The molecule has 0 aromatic heterocycles. The number of ether oxygens (including phenoxy) is 1. The minimum atomic E-state index is -1.91. The molecule has 4 heteroatoms. The fourth-order valence-electron chi connectivity index (χ4n) is 1.75. The number of carbonyl (C=O) groups excluding carboxylic acids is 1. The summed E-state index contributed by atoms with van der Waals surface area (Å²) in [6.07, 6.45) is 9.51. The molecule has 0 spiro atoms. The molecule has 0 aliphatic rings. The third-order valence-corrected chi connectivity index (χ3v) is 7.43. The van der Waals surface area contributed by atoms with Crippen molar-refractivity contribution in [3.63, 3.8) is 0 Å². The van der Waals surface area contributed by atoms with Crippen molar-refractivity contribution in [1.82, 2.24) is 0 Å². The Kier molecular flexibility index (Phi) is 10.9. The van der Waals surface area contributed by atoms with Crippen molar-refractivity contribution >= 4 is 14.5 Å². The molecule has 0 heterocycles. The van der Waals surface area contributed by atoms with Gasteiger partial charge < -0.3 is 9.16 Å². The maximum Gasteiger partial charge on any atom is 0.494 e. The average molecular weight is 303 g/mol. The molecule has 0 aliphatic heterocycles. The SMILES string of the molecule is CCCCCCCCCCOC(=O)O[Si](C)(C)C(C)C. The topological polar surface area (TPSA) is 35.5 Å². The van der Waals surface area contributed by atoms with Crippen LogP contribution in [0.2, 0.25) is 18.6 Å². The molecule has 0 atom stereocenters. The predicted molar refractivity (Wildman–Crippen MR) is 87.6 cm³/mol. The van der Waals surface area contributed by atoms with Crippen LogP contribution in [0, 0.1) is 0 Å². The van der Waals surface area contributed by atoms with Crippen molar-refractivity contribution in [3.8, 4) is 0 Å². The van der Waals surface area contributed by atoms with Gasteiger partial charge in [0.2, 0.25) is 0 Å². The smallest absolute Gasteiger partial charge is 0.489 e. The normalized spacial score (nSPS) is 11.7. The fraction of sp³-hybridized carbons (Fsp3) is 0.938. The molecule has 0 unspecified atom stereocenters. The molecule has 0 amide bonds. The van der Waals surface area contributed by atoms with Gasteiger partial charge >= 0.3 is 6.16 Å². The Morgan fingerprint density at radius 1 is 0.950 bits per heavy atom. The summed E-state index contributed by atoms with van der Waals surface area (Å²) in [5.74, 6) is 0. The van der Waals surface area contributed by atoms with E-state index >= 15 is 0 Å². The maximum absolute atomic E-state index is 11.6. The van der Waals surface area contributed by atoms with Crippen LogP contribution in [-0.2, 0) is 9.16 Å². The minimum absolute atomic E-state index is 0.415. The summed E-state index contributed by atoms with van der Waals surface area (Å²) in [4.78, 5) is 11.6. The number of hydrogen-bond donors (Lipinski definition) is 0. The van der Waals surface area contributed by atoms with Crippen LogP contribution in [0.5, 0.6) is 0 Å². The highest BCUT2D eigenvalue weighted by molar-refractivity contribution is 6.73. The number of unbranched alkanes of at least 4 members (excludes halogenated alkanes) is 7. The summed E-state index contributed by atoms with van der Waals surface area (Å²) in [6.45, 7) is 11.0. The highest BCUT2D eigenvalue weighted by atomic mass is 28.4. The zero-order chi connectivity index (χ0) is 15.4. The second kappa shape index (κ2) is 11.2. The Morgan fingerprint density at radius 2 is 1.45 bits per heavy atom. The summed E-state index contributed by atoms with van der Waals surface area (Å²) in [6, 6.07) is 0. The summed E-state index contributed by atoms with van der Waals surface area (Å²) in [5.41, 5.74) is 0.415. The van der Waals surface area contributed by atoms with Crippen molar-refractivity contribution in [2.75, 3.05) is 6.61 Å². The van der Waals surface area contributed by atoms with Gasteiger partial charge in [-0.15, -0.1) is 0 Å². The van der Waals surface area contributed by atoms with Crippen molar-refractivity contribution < 1.29 is 14.0 Å². The summed E-state index contributed by atoms with van der Waals surface area (Å²) in [7, 11) is -1.91. The van der Waals surface area contributed by atoms with E-state index in [4.69, 9.17) is 9.16 Å².